The standard InChI is InChI=1S/C28H24N2O5S/c1-33-18-8-9-20-19(12-18)28(27(32)29-20)25(26(31)17-7-10-22-23(11-17)35-15-34-22)24(16-5-3-2-4-6-16)21-13-36-14-30(21)28/h2-12,21,24-25H,13-15H2,1H3,(H,29,32). The van der Waals surface area contributed by atoms with E-state index in [2.05, 4.69) is 22.3 Å². The molecule has 0 aliphatic carbocycles. The Kier molecular flexibility index (Phi) is 4.84. The number of Topliss-reactive ketones (excluding diaryl/α,β-unsaturated/α-hetero) is 1. The van der Waals surface area contributed by atoms with Gasteiger partial charge in [0.2, 0.25) is 12.7 Å². The van der Waals surface area contributed by atoms with Gasteiger partial charge in [-0.2, -0.15) is 0 Å². The largest absolute Gasteiger partial charge is 0.497 e. The molecule has 1 N–H and O–H groups in total. The lowest BCUT2D eigenvalue weighted by atomic mass is 9.69. The van der Waals surface area contributed by atoms with E-state index in [9.17, 15) is 9.59 Å². The first-order chi connectivity index (χ1) is 17.6. The Balaban J connectivity index is 1.47. The van der Waals surface area contributed by atoms with Gasteiger partial charge in [0.15, 0.2) is 17.3 Å². The van der Waals surface area contributed by atoms with E-state index in [0.29, 0.717) is 28.7 Å². The number of fused-ring (bicyclic) bond motifs is 5. The van der Waals surface area contributed by atoms with Crippen LogP contribution in [-0.2, 0) is 10.3 Å². The first kappa shape index (κ1) is 21.8. The number of rotatable bonds is 4. The van der Waals surface area contributed by atoms with E-state index in [0.717, 1.165) is 22.6 Å². The van der Waals surface area contributed by atoms with Gasteiger partial charge in [0.1, 0.15) is 11.3 Å². The number of thioether (sulfide) groups is 1. The van der Waals surface area contributed by atoms with Crippen molar-refractivity contribution in [2.24, 2.45) is 5.92 Å². The van der Waals surface area contributed by atoms with Crippen LogP contribution in [0.1, 0.15) is 27.4 Å². The Morgan fingerprint density at radius 1 is 1.08 bits per heavy atom. The second kappa shape index (κ2) is 8.01. The van der Waals surface area contributed by atoms with Crippen molar-refractivity contribution in [1.29, 1.82) is 0 Å². The highest BCUT2D eigenvalue weighted by Gasteiger charge is 2.69. The Bertz CT molecular complexity index is 1400. The number of amides is 1. The van der Waals surface area contributed by atoms with Gasteiger partial charge >= 0.3 is 0 Å². The molecule has 2 saturated heterocycles. The van der Waals surface area contributed by atoms with Gasteiger partial charge in [-0.1, -0.05) is 30.3 Å². The summed E-state index contributed by atoms with van der Waals surface area (Å²) in [5.41, 5.74) is 1.97. The zero-order valence-electron chi connectivity index (χ0n) is 19.6. The highest BCUT2D eigenvalue weighted by atomic mass is 32.2. The van der Waals surface area contributed by atoms with Crippen LogP contribution in [0.15, 0.2) is 66.7 Å². The fourth-order valence-electron chi connectivity index (χ4n) is 6.46. The molecule has 2 fully saturated rings. The number of carbonyl (C=O) groups is 2. The van der Waals surface area contributed by atoms with Crippen LogP contribution in [0.5, 0.6) is 17.2 Å². The third kappa shape index (κ3) is 2.85. The number of hydrogen-bond donors (Lipinski definition) is 1. The summed E-state index contributed by atoms with van der Waals surface area (Å²) < 4.78 is 16.6. The summed E-state index contributed by atoms with van der Waals surface area (Å²) in [7, 11) is 1.61. The van der Waals surface area contributed by atoms with E-state index in [-0.39, 0.29) is 30.4 Å². The number of methoxy groups -OCH3 is 1. The Hall–Kier alpha value is -3.49. The Labute approximate surface area is 212 Å². The van der Waals surface area contributed by atoms with Crippen molar-refractivity contribution >= 4 is 29.1 Å². The molecule has 0 aromatic heterocycles. The molecule has 0 bridgehead atoms. The molecule has 0 saturated carbocycles. The minimum absolute atomic E-state index is 0.0308. The SMILES string of the molecule is COc1ccc2c(c1)C1(C(=O)N2)C(C(=O)c2ccc3c(c2)OCO3)C(c2ccccc2)C2CSCN21. The molecule has 8 heteroatoms. The molecule has 1 amide bonds. The van der Waals surface area contributed by atoms with Crippen molar-refractivity contribution in [1.82, 2.24) is 4.90 Å². The lowest BCUT2D eigenvalue weighted by Gasteiger charge is -2.36. The predicted molar refractivity (Wildman–Crippen MR) is 136 cm³/mol. The first-order valence-corrected chi connectivity index (χ1v) is 13.1. The minimum atomic E-state index is -1.15. The van der Waals surface area contributed by atoms with E-state index in [1.807, 2.05) is 36.4 Å². The van der Waals surface area contributed by atoms with Crippen LogP contribution < -0.4 is 19.5 Å². The smallest absolute Gasteiger partial charge is 0.250 e. The quantitative estimate of drug-likeness (QED) is 0.537. The van der Waals surface area contributed by atoms with Crippen molar-refractivity contribution in [3.05, 3.63) is 83.4 Å². The lowest BCUT2D eigenvalue weighted by molar-refractivity contribution is -0.127. The number of ketones is 1. The van der Waals surface area contributed by atoms with E-state index >= 15 is 0 Å². The third-order valence-electron chi connectivity index (χ3n) is 7.95. The topological polar surface area (TPSA) is 77.1 Å². The monoisotopic (exact) mass is 500 g/mol. The zero-order valence-corrected chi connectivity index (χ0v) is 20.4. The average molecular weight is 501 g/mol. The van der Waals surface area contributed by atoms with Gasteiger partial charge in [-0.25, -0.2) is 0 Å². The molecule has 4 heterocycles. The first-order valence-electron chi connectivity index (χ1n) is 12.0. The number of nitrogens with zero attached hydrogens (tertiary/aromatic N) is 1. The van der Waals surface area contributed by atoms with Crippen molar-refractivity contribution in [2.75, 3.05) is 30.8 Å². The summed E-state index contributed by atoms with van der Waals surface area (Å²) in [6.45, 7) is 0.135. The molecule has 4 aliphatic heterocycles. The molecule has 3 aromatic carbocycles. The van der Waals surface area contributed by atoms with Gasteiger partial charge in [-0.15, -0.1) is 11.8 Å². The average Bonchev–Trinajstić information content (AvgIpc) is 3.68. The second-order valence-electron chi connectivity index (χ2n) is 9.52. The Morgan fingerprint density at radius 3 is 2.75 bits per heavy atom. The molecule has 36 heavy (non-hydrogen) atoms. The van der Waals surface area contributed by atoms with Crippen LogP contribution in [0.25, 0.3) is 0 Å². The van der Waals surface area contributed by atoms with Crippen LogP contribution in [0, 0.1) is 5.92 Å². The fraction of sp³-hybridized carbons (Fsp3) is 0.286. The van der Waals surface area contributed by atoms with Gasteiger partial charge in [0, 0.05) is 40.4 Å². The summed E-state index contributed by atoms with van der Waals surface area (Å²) in [5.74, 6) is 2.31. The predicted octanol–water partition coefficient (Wildman–Crippen LogP) is 4.24. The highest BCUT2D eigenvalue weighted by Crippen LogP contribution is 2.61. The molecule has 1 spiro atoms. The zero-order chi connectivity index (χ0) is 24.4. The van der Waals surface area contributed by atoms with Gasteiger partial charge in [-0.3, -0.25) is 14.5 Å². The van der Waals surface area contributed by atoms with Crippen molar-refractivity contribution in [2.45, 2.75) is 17.5 Å². The minimum Gasteiger partial charge on any atom is -0.497 e. The maximum Gasteiger partial charge on any atom is 0.250 e. The number of anilines is 1. The number of hydrogen-bond acceptors (Lipinski definition) is 7. The van der Waals surface area contributed by atoms with Crippen LogP contribution in [0.4, 0.5) is 5.69 Å². The molecule has 182 valence electrons. The summed E-state index contributed by atoms with van der Waals surface area (Å²) in [6.07, 6.45) is 0. The molecule has 4 atom stereocenters. The van der Waals surface area contributed by atoms with Crippen molar-refractivity contribution < 1.29 is 23.8 Å². The molecule has 7 rings (SSSR count). The summed E-state index contributed by atoms with van der Waals surface area (Å²) in [6, 6.07) is 21.1. The van der Waals surface area contributed by atoms with Gasteiger partial charge in [-0.05, 0) is 42.0 Å². The summed E-state index contributed by atoms with van der Waals surface area (Å²) in [5, 5.41) is 3.10. The number of nitrogens with one attached hydrogen (secondary N) is 1. The van der Waals surface area contributed by atoms with Crippen molar-refractivity contribution in [3.63, 3.8) is 0 Å². The van der Waals surface area contributed by atoms with Crippen LogP contribution in [-0.4, -0.2) is 48.2 Å². The number of ether oxygens (including phenoxy) is 3. The number of carbonyl (C=O) groups excluding carboxylic acids is 2. The third-order valence-corrected chi connectivity index (χ3v) is 8.99. The fourth-order valence-corrected chi connectivity index (χ4v) is 7.79. The highest BCUT2D eigenvalue weighted by molar-refractivity contribution is 7.99. The van der Waals surface area contributed by atoms with E-state index in [4.69, 9.17) is 14.2 Å². The summed E-state index contributed by atoms with van der Waals surface area (Å²) in [4.78, 5) is 31.0. The molecule has 4 unspecified atom stereocenters. The number of benzene rings is 3. The van der Waals surface area contributed by atoms with Crippen LogP contribution >= 0.6 is 11.8 Å². The molecule has 4 aliphatic rings. The molecular weight excluding hydrogens is 476 g/mol. The molecular formula is C28H24N2O5S. The molecule has 7 nitrogen and oxygen atoms in total. The maximum absolute atomic E-state index is 14.6. The molecule has 3 aromatic rings. The van der Waals surface area contributed by atoms with Crippen molar-refractivity contribution in [3.8, 4) is 17.2 Å². The maximum atomic E-state index is 14.6. The Morgan fingerprint density at radius 2 is 1.92 bits per heavy atom. The summed E-state index contributed by atoms with van der Waals surface area (Å²) >= 11 is 1.80. The van der Waals surface area contributed by atoms with E-state index in [1.165, 1.54) is 0 Å². The second-order valence-corrected chi connectivity index (χ2v) is 10.5. The van der Waals surface area contributed by atoms with Gasteiger partial charge < -0.3 is 19.5 Å². The van der Waals surface area contributed by atoms with Gasteiger partial charge in [0.05, 0.1) is 13.0 Å². The lowest BCUT2D eigenvalue weighted by Crippen LogP contribution is -2.52. The van der Waals surface area contributed by atoms with Crippen LogP contribution in [0.3, 0.4) is 0 Å². The van der Waals surface area contributed by atoms with E-state index < -0.39 is 11.5 Å². The normalized spacial score (nSPS) is 27.7. The molecule has 0 radical (unpaired) electrons. The van der Waals surface area contributed by atoms with Crippen LogP contribution in [0.2, 0.25) is 0 Å². The van der Waals surface area contributed by atoms with Gasteiger partial charge in [0.25, 0.3) is 0 Å². The van der Waals surface area contributed by atoms with E-state index in [1.54, 1.807) is 37.1 Å².